The quantitative estimate of drug-likeness (QED) is 0.798. The summed E-state index contributed by atoms with van der Waals surface area (Å²) in [6.07, 6.45) is 2.15. The van der Waals surface area contributed by atoms with Gasteiger partial charge in [0.25, 0.3) is 0 Å². The maximum atomic E-state index is 14.5. The number of carbonyl (C=O) groups is 2. The first-order valence-corrected chi connectivity index (χ1v) is 7.87. The monoisotopic (exact) mass is 341 g/mol. The number of halogens is 2. The molecular formula is C15H17ClFN3O3. The molecule has 3 rings (SSSR count). The van der Waals surface area contributed by atoms with Crippen molar-refractivity contribution in [2.45, 2.75) is 18.9 Å². The van der Waals surface area contributed by atoms with Crippen molar-refractivity contribution in [2.75, 3.05) is 36.0 Å². The summed E-state index contributed by atoms with van der Waals surface area (Å²) in [5, 5.41) is 12.5. The largest absolute Gasteiger partial charge is 0.478 e. The fraction of sp³-hybridized carbons (Fsp3) is 0.467. The highest BCUT2D eigenvalue weighted by Gasteiger charge is 2.35. The highest BCUT2D eigenvalue weighted by atomic mass is 35.5. The summed E-state index contributed by atoms with van der Waals surface area (Å²) >= 11 is 6.38. The predicted octanol–water partition coefficient (Wildman–Crippen LogP) is 1.71. The van der Waals surface area contributed by atoms with Gasteiger partial charge in [0.05, 0.1) is 22.0 Å². The van der Waals surface area contributed by atoms with Crippen LogP contribution >= 0.6 is 11.6 Å². The Morgan fingerprint density at radius 2 is 2.09 bits per heavy atom. The highest BCUT2D eigenvalue weighted by Crippen LogP contribution is 2.43. The van der Waals surface area contributed by atoms with Crippen LogP contribution in [-0.4, -0.2) is 49.7 Å². The minimum atomic E-state index is -1.31. The zero-order valence-electron chi connectivity index (χ0n) is 12.4. The first kappa shape index (κ1) is 16.0. The zero-order valence-corrected chi connectivity index (χ0v) is 13.1. The van der Waals surface area contributed by atoms with Gasteiger partial charge in [0.15, 0.2) is 0 Å². The van der Waals surface area contributed by atoms with Crippen molar-refractivity contribution in [3.05, 3.63) is 22.5 Å². The van der Waals surface area contributed by atoms with Gasteiger partial charge in [-0.15, -0.1) is 0 Å². The number of amides is 1. The van der Waals surface area contributed by atoms with Crippen LogP contribution in [0.1, 0.15) is 23.2 Å². The Kier molecular flexibility index (Phi) is 4.41. The molecule has 1 aliphatic heterocycles. The average Bonchev–Trinajstić information content (AvgIpc) is 3.35. The summed E-state index contributed by atoms with van der Waals surface area (Å²) in [7, 11) is 0. The van der Waals surface area contributed by atoms with Crippen molar-refractivity contribution in [2.24, 2.45) is 0 Å². The number of piperazine rings is 1. The van der Waals surface area contributed by atoms with Crippen LogP contribution in [0.4, 0.5) is 15.8 Å². The number of benzene rings is 1. The van der Waals surface area contributed by atoms with Crippen molar-refractivity contribution in [1.29, 1.82) is 0 Å². The SMILES string of the molecule is O=CN(c1c(C(=O)O)cc(F)c(N2CCNCC2)c1Cl)C1CC1. The Bertz CT molecular complexity index is 645. The van der Waals surface area contributed by atoms with Gasteiger partial charge in [-0.05, 0) is 18.9 Å². The average molecular weight is 342 g/mol. The van der Waals surface area contributed by atoms with E-state index in [2.05, 4.69) is 5.32 Å². The number of nitrogens with one attached hydrogen (secondary N) is 1. The van der Waals surface area contributed by atoms with Gasteiger partial charge >= 0.3 is 5.97 Å². The maximum Gasteiger partial charge on any atom is 0.337 e. The third kappa shape index (κ3) is 2.98. The van der Waals surface area contributed by atoms with Gasteiger partial charge in [0, 0.05) is 32.2 Å². The molecule has 2 aliphatic rings. The molecule has 1 saturated heterocycles. The Labute approximate surface area is 137 Å². The maximum absolute atomic E-state index is 14.5. The van der Waals surface area contributed by atoms with E-state index in [-0.39, 0.29) is 28.0 Å². The lowest BCUT2D eigenvalue weighted by Gasteiger charge is -2.32. The van der Waals surface area contributed by atoms with Crippen molar-refractivity contribution >= 4 is 35.4 Å². The molecule has 2 N–H and O–H groups in total. The molecule has 1 aromatic carbocycles. The van der Waals surface area contributed by atoms with E-state index >= 15 is 0 Å². The molecule has 23 heavy (non-hydrogen) atoms. The van der Waals surface area contributed by atoms with Gasteiger partial charge in [-0.1, -0.05) is 11.6 Å². The number of rotatable bonds is 5. The normalized spacial score (nSPS) is 17.9. The topological polar surface area (TPSA) is 72.9 Å². The zero-order chi connectivity index (χ0) is 16.6. The molecule has 0 bridgehead atoms. The van der Waals surface area contributed by atoms with Crippen molar-refractivity contribution in [3.8, 4) is 0 Å². The van der Waals surface area contributed by atoms with Gasteiger partial charge in [-0.2, -0.15) is 0 Å². The van der Waals surface area contributed by atoms with E-state index in [1.165, 1.54) is 4.90 Å². The van der Waals surface area contributed by atoms with Crippen LogP contribution < -0.4 is 15.1 Å². The summed E-state index contributed by atoms with van der Waals surface area (Å²) in [5.74, 6) is -1.99. The summed E-state index contributed by atoms with van der Waals surface area (Å²) in [5.41, 5.74) is -0.0300. The number of hydrogen-bond acceptors (Lipinski definition) is 4. The number of anilines is 2. The Morgan fingerprint density at radius 1 is 1.43 bits per heavy atom. The second-order valence-corrected chi connectivity index (χ2v) is 6.08. The first-order chi connectivity index (χ1) is 11.0. The van der Waals surface area contributed by atoms with Crippen LogP contribution in [0.25, 0.3) is 0 Å². The van der Waals surface area contributed by atoms with E-state index in [1.54, 1.807) is 4.90 Å². The number of carboxylic acids is 1. The van der Waals surface area contributed by atoms with Gasteiger partial charge in [0.2, 0.25) is 6.41 Å². The standard InChI is InChI=1S/C15H17ClFN3O3/c16-12-13(20(8-21)9-1-2-9)10(15(22)23)7-11(17)14(12)19-5-3-18-4-6-19/h7-9,18H,1-6H2,(H,22,23). The number of nitrogens with zero attached hydrogens (tertiary/aromatic N) is 2. The number of hydrogen-bond donors (Lipinski definition) is 2. The fourth-order valence-electron chi connectivity index (χ4n) is 2.87. The van der Waals surface area contributed by atoms with E-state index in [1.807, 2.05) is 0 Å². The summed E-state index contributed by atoms with van der Waals surface area (Å²) in [6.45, 7) is 2.50. The van der Waals surface area contributed by atoms with E-state index in [0.29, 0.717) is 32.6 Å². The minimum absolute atomic E-state index is 0.0108. The molecule has 0 aromatic heterocycles. The lowest BCUT2D eigenvalue weighted by atomic mass is 10.1. The second-order valence-electron chi connectivity index (χ2n) is 5.70. The van der Waals surface area contributed by atoms with Crippen LogP contribution in [0.5, 0.6) is 0 Å². The predicted molar refractivity (Wildman–Crippen MR) is 85.0 cm³/mol. The molecule has 0 spiro atoms. The molecule has 124 valence electrons. The number of carbonyl (C=O) groups excluding carboxylic acids is 1. The van der Waals surface area contributed by atoms with Crippen molar-refractivity contribution in [3.63, 3.8) is 0 Å². The van der Waals surface area contributed by atoms with Crippen LogP contribution in [0.15, 0.2) is 6.07 Å². The van der Waals surface area contributed by atoms with Crippen LogP contribution in [0.3, 0.4) is 0 Å². The summed E-state index contributed by atoms with van der Waals surface area (Å²) in [6, 6.07) is 0.893. The fourth-order valence-corrected chi connectivity index (χ4v) is 3.28. The molecule has 0 unspecified atom stereocenters. The van der Waals surface area contributed by atoms with E-state index < -0.39 is 11.8 Å². The van der Waals surface area contributed by atoms with E-state index in [9.17, 15) is 19.1 Å². The lowest BCUT2D eigenvalue weighted by molar-refractivity contribution is -0.107. The third-order valence-corrected chi connectivity index (χ3v) is 4.50. The Hall–Kier alpha value is -1.86. The number of aromatic carboxylic acids is 1. The molecule has 1 heterocycles. The van der Waals surface area contributed by atoms with Crippen molar-refractivity contribution < 1.29 is 19.1 Å². The van der Waals surface area contributed by atoms with E-state index in [0.717, 1.165) is 18.9 Å². The molecule has 2 fully saturated rings. The van der Waals surface area contributed by atoms with Crippen LogP contribution in [0.2, 0.25) is 5.02 Å². The smallest absolute Gasteiger partial charge is 0.337 e. The highest BCUT2D eigenvalue weighted by molar-refractivity contribution is 6.37. The van der Waals surface area contributed by atoms with Gasteiger partial charge < -0.3 is 20.2 Å². The molecule has 1 aliphatic carbocycles. The third-order valence-electron chi connectivity index (χ3n) is 4.14. The number of carboxylic acid groups (broad SMARTS) is 1. The van der Waals surface area contributed by atoms with E-state index in [4.69, 9.17) is 11.6 Å². The van der Waals surface area contributed by atoms with Gasteiger partial charge in [-0.25, -0.2) is 9.18 Å². The molecule has 1 saturated carbocycles. The van der Waals surface area contributed by atoms with Gasteiger partial charge in [0.1, 0.15) is 5.82 Å². The second kappa shape index (κ2) is 6.33. The summed E-state index contributed by atoms with van der Waals surface area (Å²) < 4.78 is 14.5. The van der Waals surface area contributed by atoms with Crippen LogP contribution in [-0.2, 0) is 4.79 Å². The molecule has 6 nitrogen and oxygen atoms in total. The molecule has 0 radical (unpaired) electrons. The molecular weight excluding hydrogens is 325 g/mol. The molecule has 0 atom stereocenters. The Morgan fingerprint density at radius 3 is 2.61 bits per heavy atom. The minimum Gasteiger partial charge on any atom is -0.478 e. The van der Waals surface area contributed by atoms with Crippen molar-refractivity contribution in [1.82, 2.24) is 5.32 Å². The lowest BCUT2D eigenvalue weighted by Crippen LogP contribution is -2.44. The molecule has 1 amide bonds. The first-order valence-electron chi connectivity index (χ1n) is 7.49. The van der Waals surface area contributed by atoms with Gasteiger partial charge in [-0.3, -0.25) is 4.79 Å². The molecule has 8 heteroatoms. The molecule has 1 aromatic rings. The summed E-state index contributed by atoms with van der Waals surface area (Å²) in [4.78, 5) is 26.0. The Balaban J connectivity index is 2.14. The van der Waals surface area contributed by atoms with Crippen LogP contribution in [0, 0.1) is 5.82 Å².